The molecule has 1 aromatic carbocycles. The summed E-state index contributed by atoms with van der Waals surface area (Å²) in [6, 6.07) is 3.18. The number of hydrogen-bond donors (Lipinski definition) is 2. The fraction of sp³-hybridized carbons (Fsp3) is 0.600. The number of nitro groups is 1. The Bertz CT molecular complexity index is 533. The van der Waals surface area contributed by atoms with Gasteiger partial charge in [-0.15, -0.1) is 0 Å². The van der Waals surface area contributed by atoms with Crippen molar-refractivity contribution in [3.63, 3.8) is 0 Å². The summed E-state index contributed by atoms with van der Waals surface area (Å²) in [5, 5.41) is 24.8. The molecule has 0 saturated carbocycles. The van der Waals surface area contributed by atoms with Gasteiger partial charge in [-0.3, -0.25) is 15.0 Å². The maximum absolute atomic E-state index is 11.1. The number of benzene rings is 1. The first-order valence-corrected chi connectivity index (χ1v) is 8.45. The molecule has 0 amide bonds. The van der Waals surface area contributed by atoms with E-state index in [2.05, 4.69) is 33.1 Å². The first kappa shape index (κ1) is 17.2. The molecular formula is C15H22BrN3O3. The maximum Gasteiger partial charge on any atom is 0.312 e. The van der Waals surface area contributed by atoms with E-state index in [0.717, 1.165) is 45.4 Å². The molecule has 122 valence electrons. The fourth-order valence-electron chi connectivity index (χ4n) is 2.92. The van der Waals surface area contributed by atoms with Crippen molar-refractivity contribution in [1.29, 1.82) is 0 Å². The summed E-state index contributed by atoms with van der Waals surface area (Å²) in [4.78, 5) is 12.9. The molecule has 0 aromatic heterocycles. The smallest absolute Gasteiger partial charge is 0.312 e. The maximum atomic E-state index is 11.1. The number of unbranched alkanes of at least 4 members (excludes halogenated alkanes) is 1. The molecule has 0 spiro atoms. The monoisotopic (exact) mass is 371 g/mol. The van der Waals surface area contributed by atoms with Crippen molar-refractivity contribution in [2.45, 2.75) is 32.2 Å². The van der Waals surface area contributed by atoms with Crippen molar-refractivity contribution in [1.82, 2.24) is 10.2 Å². The number of halogens is 1. The van der Waals surface area contributed by atoms with Gasteiger partial charge in [-0.2, -0.15) is 0 Å². The first-order chi connectivity index (χ1) is 10.5. The van der Waals surface area contributed by atoms with Gasteiger partial charge in [0.05, 0.1) is 4.92 Å². The van der Waals surface area contributed by atoms with Crippen LogP contribution >= 0.6 is 15.9 Å². The Hall–Kier alpha value is -1.18. The molecule has 1 atom stereocenters. The van der Waals surface area contributed by atoms with Gasteiger partial charge in [0.25, 0.3) is 0 Å². The second-order valence-corrected chi connectivity index (χ2v) is 6.48. The highest BCUT2D eigenvalue weighted by Gasteiger charge is 2.28. The molecule has 1 heterocycles. The topological polar surface area (TPSA) is 78.6 Å². The number of aromatic hydroxyl groups is 1. The van der Waals surface area contributed by atoms with Crippen molar-refractivity contribution in [3.8, 4) is 5.75 Å². The third kappa shape index (κ3) is 3.97. The molecule has 0 aliphatic carbocycles. The Morgan fingerprint density at radius 2 is 2.14 bits per heavy atom. The average Bonchev–Trinajstić information content (AvgIpc) is 2.51. The number of hydrogen-bond acceptors (Lipinski definition) is 5. The molecule has 0 bridgehead atoms. The van der Waals surface area contributed by atoms with E-state index >= 15 is 0 Å². The van der Waals surface area contributed by atoms with Gasteiger partial charge in [-0.05, 0) is 12.5 Å². The quantitative estimate of drug-likeness (QED) is 0.592. The second-order valence-electron chi connectivity index (χ2n) is 5.56. The van der Waals surface area contributed by atoms with E-state index < -0.39 is 4.92 Å². The number of nitrogens with zero attached hydrogens (tertiary/aromatic N) is 2. The molecule has 0 unspecified atom stereocenters. The van der Waals surface area contributed by atoms with Crippen LogP contribution in [0.2, 0.25) is 0 Å². The number of phenols is 1. The molecule has 1 fully saturated rings. The minimum Gasteiger partial charge on any atom is -0.502 e. The van der Waals surface area contributed by atoms with E-state index in [1.807, 2.05) is 6.07 Å². The SMILES string of the molecule is CCCC[C@H](c1cc(Br)cc([N+](=O)[O-])c1O)N1CCNCC1. The van der Waals surface area contributed by atoms with Gasteiger partial charge in [0, 0.05) is 48.3 Å². The van der Waals surface area contributed by atoms with Gasteiger partial charge < -0.3 is 10.4 Å². The summed E-state index contributed by atoms with van der Waals surface area (Å²) < 4.78 is 0.628. The number of nitrogens with one attached hydrogen (secondary N) is 1. The normalized spacial score (nSPS) is 17.4. The average molecular weight is 372 g/mol. The molecule has 7 heteroatoms. The van der Waals surface area contributed by atoms with Crippen LogP contribution in [0.5, 0.6) is 5.75 Å². The molecule has 1 aromatic rings. The van der Waals surface area contributed by atoms with Gasteiger partial charge >= 0.3 is 5.69 Å². The third-order valence-electron chi connectivity index (χ3n) is 4.06. The van der Waals surface area contributed by atoms with Gasteiger partial charge in [-0.25, -0.2) is 0 Å². The predicted octanol–water partition coefficient (Wildman–Crippen LogP) is 3.20. The van der Waals surface area contributed by atoms with Crippen LogP contribution in [0.1, 0.15) is 37.8 Å². The minimum absolute atomic E-state index is 0.0123. The lowest BCUT2D eigenvalue weighted by Gasteiger charge is -2.35. The zero-order valence-electron chi connectivity index (χ0n) is 12.7. The lowest BCUT2D eigenvalue weighted by molar-refractivity contribution is -0.386. The Morgan fingerprint density at radius 3 is 2.73 bits per heavy atom. The largest absolute Gasteiger partial charge is 0.502 e. The van der Waals surface area contributed by atoms with E-state index in [-0.39, 0.29) is 17.5 Å². The Morgan fingerprint density at radius 1 is 1.45 bits per heavy atom. The zero-order chi connectivity index (χ0) is 16.1. The lowest BCUT2D eigenvalue weighted by atomic mass is 9.97. The lowest BCUT2D eigenvalue weighted by Crippen LogP contribution is -2.45. The summed E-state index contributed by atoms with van der Waals surface area (Å²) in [6.45, 7) is 5.69. The van der Waals surface area contributed by atoms with E-state index in [1.165, 1.54) is 6.07 Å². The standard InChI is InChI=1S/C15H22BrN3O3/c1-2-3-4-13(18-7-5-17-6-8-18)12-9-11(16)10-14(15(12)20)19(21)22/h9-10,13,17,20H,2-8H2,1H3/t13-/m1/s1. The van der Waals surface area contributed by atoms with Crippen LogP contribution in [-0.2, 0) is 0 Å². The summed E-state index contributed by atoms with van der Waals surface area (Å²) in [6.07, 6.45) is 2.96. The van der Waals surface area contributed by atoms with E-state index in [9.17, 15) is 15.2 Å². The molecule has 22 heavy (non-hydrogen) atoms. The molecule has 2 N–H and O–H groups in total. The van der Waals surface area contributed by atoms with Crippen LogP contribution in [0, 0.1) is 10.1 Å². The Labute approximate surface area is 138 Å². The summed E-state index contributed by atoms with van der Waals surface area (Å²) >= 11 is 3.33. The summed E-state index contributed by atoms with van der Waals surface area (Å²) in [5.74, 6) is -0.201. The van der Waals surface area contributed by atoms with Crippen molar-refractivity contribution in [2.75, 3.05) is 26.2 Å². The van der Waals surface area contributed by atoms with Crippen molar-refractivity contribution < 1.29 is 10.0 Å². The molecule has 1 aliphatic rings. The number of piperazine rings is 1. The number of rotatable bonds is 6. The van der Waals surface area contributed by atoms with Crippen LogP contribution in [-0.4, -0.2) is 41.1 Å². The second kappa shape index (κ2) is 7.89. The molecule has 6 nitrogen and oxygen atoms in total. The third-order valence-corrected chi connectivity index (χ3v) is 4.52. The van der Waals surface area contributed by atoms with Crippen LogP contribution in [0.3, 0.4) is 0 Å². The van der Waals surface area contributed by atoms with Crippen LogP contribution in [0.4, 0.5) is 5.69 Å². The molecule has 0 radical (unpaired) electrons. The predicted molar refractivity (Wildman–Crippen MR) is 89.2 cm³/mol. The van der Waals surface area contributed by atoms with E-state index in [1.54, 1.807) is 0 Å². The van der Waals surface area contributed by atoms with Crippen LogP contribution < -0.4 is 5.32 Å². The molecule has 2 rings (SSSR count). The molecule has 1 saturated heterocycles. The van der Waals surface area contributed by atoms with Crippen LogP contribution in [0.25, 0.3) is 0 Å². The molecule has 1 aliphatic heterocycles. The highest BCUT2D eigenvalue weighted by atomic mass is 79.9. The minimum atomic E-state index is -0.530. The van der Waals surface area contributed by atoms with Gasteiger partial charge in [-0.1, -0.05) is 35.7 Å². The van der Waals surface area contributed by atoms with Gasteiger partial charge in [0.1, 0.15) is 0 Å². The Kier molecular flexibility index (Phi) is 6.16. The highest BCUT2D eigenvalue weighted by molar-refractivity contribution is 9.10. The first-order valence-electron chi connectivity index (χ1n) is 7.66. The fourth-order valence-corrected chi connectivity index (χ4v) is 3.39. The van der Waals surface area contributed by atoms with Crippen LogP contribution in [0.15, 0.2) is 16.6 Å². The van der Waals surface area contributed by atoms with Crippen molar-refractivity contribution >= 4 is 21.6 Å². The van der Waals surface area contributed by atoms with Gasteiger partial charge in [0.2, 0.25) is 0 Å². The highest BCUT2D eigenvalue weighted by Crippen LogP contribution is 2.40. The van der Waals surface area contributed by atoms with E-state index in [0.29, 0.717) is 10.0 Å². The zero-order valence-corrected chi connectivity index (χ0v) is 14.3. The summed E-state index contributed by atoms with van der Waals surface area (Å²) in [5.41, 5.74) is 0.414. The Balaban J connectivity index is 2.39. The van der Waals surface area contributed by atoms with Crippen molar-refractivity contribution in [2.24, 2.45) is 0 Å². The van der Waals surface area contributed by atoms with Gasteiger partial charge in [0.15, 0.2) is 5.75 Å². The molecular weight excluding hydrogens is 350 g/mol. The number of nitro benzene ring substituents is 1. The summed E-state index contributed by atoms with van der Waals surface area (Å²) in [7, 11) is 0. The van der Waals surface area contributed by atoms with Crippen molar-refractivity contribution in [3.05, 3.63) is 32.3 Å². The number of phenolic OH excluding ortho intramolecular Hbond substituents is 1. The van der Waals surface area contributed by atoms with E-state index in [4.69, 9.17) is 0 Å².